The summed E-state index contributed by atoms with van der Waals surface area (Å²) in [6.07, 6.45) is 0. The Kier molecular flexibility index (Phi) is 3.19. The quantitative estimate of drug-likeness (QED) is 0.757. The van der Waals surface area contributed by atoms with Crippen LogP contribution in [0.25, 0.3) is 0 Å². The number of nitrogens with two attached hydrogens (primary N) is 1. The van der Waals surface area contributed by atoms with E-state index in [0.29, 0.717) is 0 Å². The minimum Gasteiger partial charge on any atom is -0.495 e. The van der Waals surface area contributed by atoms with Crippen LogP contribution in [0, 0.1) is 0 Å². The van der Waals surface area contributed by atoms with Gasteiger partial charge in [0.15, 0.2) is 0 Å². The molecule has 0 atom stereocenters. The third-order valence-corrected chi connectivity index (χ3v) is 3.11. The van der Waals surface area contributed by atoms with E-state index in [1.165, 1.54) is 0 Å². The van der Waals surface area contributed by atoms with Gasteiger partial charge in [0.05, 0.1) is 18.5 Å². The molecule has 1 fully saturated rings. The van der Waals surface area contributed by atoms with Gasteiger partial charge < -0.3 is 20.3 Å². The lowest BCUT2D eigenvalue weighted by molar-refractivity contribution is 0.313. The second-order valence-electron chi connectivity index (χ2n) is 4.18. The number of para-hydroxylation sites is 1. The average Bonchev–Trinajstić information content (AvgIpc) is 2.31. The number of nitrogen functional groups attached to an aromatic ring is 1. The van der Waals surface area contributed by atoms with Crippen molar-refractivity contribution in [2.45, 2.75) is 0 Å². The molecule has 0 spiro atoms. The fraction of sp³-hybridized carbons (Fsp3) is 0.500. The number of likely N-dealkylation sites (N-methyl/N-ethyl adjacent to an activating group) is 1. The zero-order chi connectivity index (χ0) is 11.5. The van der Waals surface area contributed by atoms with Crippen LogP contribution in [0.15, 0.2) is 18.2 Å². The smallest absolute Gasteiger partial charge is 0.143 e. The molecule has 1 aliphatic heterocycles. The Bertz CT molecular complexity index is 359. The van der Waals surface area contributed by atoms with Gasteiger partial charge in [0.1, 0.15) is 5.75 Å². The average molecular weight is 221 g/mol. The molecule has 1 saturated heterocycles. The Morgan fingerprint density at radius 1 is 1.19 bits per heavy atom. The third-order valence-electron chi connectivity index (χ3n) is 3.11. The summed E-state index contributed by atoms with van der Waals surface area (Å²) in [6, 6.07) is 5.95. The van der Waals surface area contributed by atoms with Gasteiger partial charge in [0, 0.05) is 26.2 Å². The number of anilines is 2. The predicted molar refractivity (Wildman–Crippen MR) is 67.1 cm³/mol. The first-order valence-electron chi connectivity index (χ1n) is 5.58. The number of benzene rings is 1. The van der Waals surface area contributed by atoms with Gasteiger partial charge in [-0.1, -0.05) is 6.07 Å². The number of nitrogens with zero attached hydrogens (tertiary/aromatic N) is 2. The second-order valence-corrected chi connectivity index (χ2v) is 4.18. The highest BCUT2D eigenvalue weighted by Gasteiger charge is 2.17. The maximum Gasteiger partial charge on any atom is 0.143 e. The largest absolute Gasteiger partial charge is 0.495 e. The van der Waals surface area contributed by atoms with E-state index in [9.17, 15) is 0 Å². The van der Waals surface area contributed by atoms with Crippen molar-refractivity contribution in [2.24, 2.45) is 0 Å². The van der Waals surface area contributed by atoms with Crippen molar-refractivity contribution in [2.75, 3.05) is 51.0 Å². The highest BCUT2D eigenvalue weighted by Crippen LogP contribution is 2.32. The van der Waals surface area contributed by atoms with E-state index in [0.717, 1.165) is 43.3 Å². The molecule has 0 aliphatic carbocycles. The summed E-state index contributed by atoms with van der Waals surface area (Å²) in [6.45, 7) is 4.20. The van der Waals surface area contributed by atoms with Crippen LogP contribution in [0.4, 0.5) is 11.4 Å². The van der Waals surface area contributed by atoms with Crippen molar-refractivity contribution in [3.05, 3.63) is 18.2 Å². The minimum absolute atomic E-state index is 0.745. The molecule has 0 amide bonds. The molecule has 0 saturated carbocycles. The maximum absolute atomic E-state index is 6.08. The normalized spacial score (nSPS) is 17.5. The Labute approximate surface area is 96.6 Å². The zero-order valence-corrected chi connectivity index (χ0v) is 9.94. The molecule has 0 unspecified atom stereocenters. The number of piperazine rings is 1. The molecular weight excluding hydrogens is 202 g/mol. The van der Waals surface area contributed by atoms with Crippen LogP contribution in [0.3, 0.4) is 0 Å². The Balaban J connectivity index is 2.20. The van der Waals surface area contributed by atoms with Crippen molar-refractivity contribution < 1.29 is 4.74 Å². The third kappa shape index (κ3) is 2.07. The van der Waals surface area contributed by atoms with Gasteiger partial charge >= 0.3 is 0 Å². The highest BCUT2D eigenvalue weighted by atomic mass is 16.5. The van der Waals surface area contributed by atoms with Crippen molar-refractivity contribution in [1.82, 2.24) is 4.90 Å². The lowest BCUT2D eigenvalue weighted by Gasteiger charge is -2.34. The summed E-state index contributed by atoms with van der Waals surface area (Å²) >= 11 is 0. The van der Waals surface area contributed by atoms with Crippen LogP contribution in [0.5, 0.6) is 5.75 Å². The molecule has 16 heavy (non-hydrogen) atoms. The summed E-state index contributed by atoms with van der Waals surface area (Å²) in [5.41, 5.74) is 7.91. The van der Waals surface area contributed by atoms with Gasteiger partial charge in [-0.2, -0.15) is 0 Å². The number of hydrogen-bond donors (Lipinski definition) is 1. The summed E-state index contributed by atoms with van der Waals surface area (Å²) in [7, 11) is 3.80. The van der Waals surface area contributed by atoms with Gasteiger partial charge in [0.2, 0.25) is 0 Å². The Morgan fingerprint density at radius 3 is 2.50 bits per heavy atom. The molecule has 1 aromatic rings. The van der Waals surface area contributed by atoms with Gasteiger partial charge in [-0.25, -0.2) is 0 Å². The Hall–Kier alpha value is -1.42. The lowest BCUT2D eigenvalue weighted by atomic mass is 10.2. The van der Waals surface area contributed by atoms with E-state index >= 15 is 0 Å². The molecule has 2 N–H and O–H groups in total. The predicted octanol–water partition coefficient (Wildman–Crippen LogP) is 1.03. The molecule has 4 nitrogen and oxygen atoms in total. The number of methoxy groups -OCH3 is 1. The molecule has 2 rings (SSSR count). The van der Waals surface area contributed by atoms with Gasteiger partial charge in [-0.3, -0.25) is 0 Å². The van der Waals surface area contributed by atoms with Crippen molar-refractivity contribution in [1.29, 1.82) is 0 Å². The van der Waals surface area contributed by atoms with Crippen LogP contribution in [-0.2, 0) is 0 Å². The number of ether oxygens (including phenoxy) is 1. The van der Waals surface area contributed by atoms with Gasteiger partial charge in [0.25, 0.3) is 0 Å². The number of hydrogen-bond acceptors (Lipinski definition) is 4. The SMILES string of the molecule is COc1cccc(N2CCN(C)CC2)c1N. The minimum atomic E-state index is 0.745. The first-order chi connectivity index (χ1) is 7.72. The Morgan fingerprint density at radius 2 is 1.88 bits per heavy atom. The van der Waals surface area contributed by atoms with Crippen molar-refractivity contribution in [3.8, 4) is 5.75 Å². The molecule has 0 aromatic heterocycles. The van der Waals surface area contributed by atoms with E-state index in [1.54, 1.807) is 7.11 Å². The van der Waals surface area contributed by atoms with E-state index in [2.05, 4.69) is 22.9 Å². The first kappa shape index (κ1) is 11.1. The number of rotatable bonds is 2. The zero-order valence-electron chi connectivity index (χ0n) is 9.94. The van der Waals surface area contributed by atoms with Gasteiger partial charge in [-0.05, 0) is 19.2 Å². The van der Waals surface area contributed by atoms with Crippen LogP contribution in [-0.4, -0.2) is 45.2 Å². The molecule has 88 valence electrons. The van der Waals surface area contributed by atoms with Crippen LogP contribution < -0.4 is 15.4 Å². The summed E-state index contributed by atoms with van der Waals surface area (Å²) in [5.74, 6) is 0.761. The summed E-state index contributed by atoms with van der Waals surface area (Å²) in [4.78, 5) is 4.64. The van der Waals surface area contributed by atoms with Crippen molar-refractivity contribution >= 4 is 11.4 Å². The van der Waals surface area contributed by atoms with E-state index < -0.39 is 0 Å². The van der Waals surface area contributed by atoms with E-state index in [1.807, 2.05) is 12.1 Å². The molecular formula is C12H19N3O. The molecule has 1 heterocycles. The van der Waals surface area contributed by atoms with Crippen LogP contribution >= 0.6 is 0 Å². The fourth-order valence-corrected chi connectivity index (χ4v) is 2.03. The second kappa shape index (κ2) is 4.61. The van der Waals surface area contributed by atoms with E-state index in [4.69, 9.17) is 10.5 Å². The van der Waals surface area contributed by atoms with Gasteiger partial charge in [-0.15, -0.1) is 0 Å². The maximum atomic E-state index is 6.08. The molecule has 1 aromatic carbocycles. The lowest BCUT2D eigenvalue weighted by Crippen LogP contribution is -2.44. The monoisotopic (exact) mass is 221 g/mol. The van der Waals surface area contributed by atoms with E-state index in [-0.39, 0.29) is 0 Å². The topological polar surface area (TPSA) is 41.7 Å². The van der Waals surface area contributed by atoms with Crippen LogP contribution in [0.2, 0.25) is 0 Å². The highest BCUT2D eigenvalue weighted by molar-refractivity contribution is 5.74. The molecule has 1 aliphatic rings. The molecule has 0 radical (unpaired) electrons. The first-order valence-corrected chi connectivity index (χ1v) is 5.58. The molecule has 4 heteroatoms. The standard InChI is InChI=1S/C12H19N3O/c1-14-6-8-15(9-7-14)10-4-3-5-11(16-2)12(10)13/h3-5H,6-9,13H2,1-2H3. The van der Waals surface area contributed by atoms with Crippen LogP contribution in [0.1, 0.15) is 0 Å². The molecule has 0 bridgehead atoms. The summed E-state index contributed by atoms with van der Waals surface area (Å²) in [5, 5.41) is 0. The van der Waals surface area contributed by atoms with Crippen molar-refractivity contribution in [3.63, 3.8) is 0 Å². The fourth-order valence-electron chi connectivity index (χ4n) is 2.03. The summed E-state index contributed by atoms with van der Waals surface area (Å²) < 4.78 is 5.24.